The van der Waals surface area contributed by atoms with Crippen LogP contribution in [0.2, 0.25) is 0 Å². The average molecular weight is 1120 g/mol. The highest BCUT2D eigenvalue weighted by Crippen LogP contribution is 2.43. The summed E-state index contributed by atoms with van der Waals surface area (Å²) < 4.78 is 84.1. The van der Waals surface area contributed by atoms with Crippen molar-refractivity contribution in [1.29, 1.82) is 5.41 Å². The van der Waals surface area contributed by atoms with Crippen LogP contribution in [-0.4, -0.2) is 115 Å². The molecule has 0 amide bonds. The molecule has 9 unspecified atom stereocenters. The Kier molecular flexibility index (Phi) is 19.9. The van der Waals surface area contributed by atoms with Gasteiger partial charge >= 0.3 is 0 Å². The lowest BCUT2D eigenvalue weighted by Gasteiger charge is -2.48. The molecule has 410 valence electrons. The Labute approximate surface area is 463 Å². The Bertz CT molecular complexity index is 2650. The highest BCUT2D eigenvalue weighted by atomic mass is 35.6. The Balaban J connectivity index is 1.01. The summed E-state index contributed by atoms with van der Waals surface area (Å²) in [5, 5.41) is 12.9. The molecular formula is C57H63Cl3N4O13. The van der Waals surface area contributed by atoms with Crippen molar-refractivity contribution < 1.29 is 61.6 Å². The van der Waals surface area contributed by atoms with Gasteiger partial charge in [0.1, 0.15) is 48.8 Å². The van der Waals surface area contributed by atoms with Crippen molar-refractivity contribution >= 4 is 40.7 Å². The second-order valence-corrected chi connectivity index (χ2v) is 21.8. The van der Waals surface area contributed by atoms with Crippen molar-refractivity contribution in [2.24, 2.45) is 5.11 Å². The minimum absolute atomic E-state index is 0.0364. The van der Waals surface area contributed by atoms with Crippen LogP contribution < -0.4 is 0 Å². The molecule has 5 aromatic rings. The number of ether oxygens (including phenoxy) is 13. The summed E-state index contributed by atoms with van der Waals surface area (Å²) in [5.74, 6) is -1.95. The van der Waals surface area contributed by atoms with E-state index in [1.807, 2.05) is 159 Å². The van der Waals surface area contributed by atoms with E-state index in [0.29, 0.717) is 6.61 Å². The molecule has 4 fully saturated rings. The second-order valence-electron chi connectivity index (χ2n) is 19.5. The van der Waals surface area contributed by atoms with Crippen LogP contribution in [0.5, 0.6) is 0 Å². The number of fused-ring (bicyclic) bond motifs is 1. The highest BCUT2D eigenvalue weighted by Gasteiger charge is 2.60. The van der Waals surface area contributed by atoms with Gasteiger partial charge < -0.3 is 61.6 Å². The lowest BCUT2D eigenvalue weighted by atomic mass is 9.95. The van der Waals surface area contributed by atoms with E-state index in [4.69, 9.17) is 102 Å². The molecule has 9 rings (SSSR count). The molecule has 1 N–H and O–H groups in total. The van der Waals surface area contributed by atoms with Gasteiger partial charge in [-0.3, -0.25) is 5.41 Å². The molecule has 0 spiro atoms. The van der Waals surface area contributed by atoms with Crippen molar-refractivity contribution in [3.63, 3.8) is 0 Å². The number of nitrogens with zero attached hydrogens (tertiary/aromatic N) is 3. The molecule has 20 heteroatoms. The molecule has 14 atom stereocenters. The molecule has 0 saturated carbocycles. The standard InChI is InChI=1S/C57H63Cl3N4O13/c1-36-45(73-52-49(69-33-41-27-17-8-18-28-41)46(67-31-39-23-13-6-14-24-39)43(35-70-52)66-30-38-21-11-5-12-22-38)48-51(77-56(2,3)76-48)54(71-36)74-50-47(68-32-40-25-15-7-16-26-40)44(63-64-62)42(34-65-29-37-19-9-4-10-20-37)72-53(50)75-55(61)57(58,59)60/h4-28,36,42-54,61H,29-35H2,1-3H3/t36?,42?,43-,44?,45+,46?,47?,48?,49?,50?,51?,52+,53-,54+/m1/s1. The van der Waals surface area contributed by atoms with Crippen molar-refractivity contribution in [2.75, 3.05) is 13.2 Å². The van der Waals surface area contributed by atoms with E-state index in [1.54, 1.807) is 13.8 Å². The van der Waals surface area contributed by atoms with E-state index in [-0.39, 0.29) is 39.6 Å². The smallest absolute Gasteiger partial charge is 0.265 e. The van der Waals surface area contributed by atoms with Gasteiger partial charge in [-0.15, -0.1) is 0 Å². The summed E-state index contributed by atoms with van der Waals surface area (Å²) in [6.07, 6.45) is -12.9. The van der Waals surface area contributed by atoms with E-state index in [1.165, 1.54) is 0 Å². The predicted octanol–water partition coefficient (Wildman–Crippen LogP) is 10.7. The van der Waals surface area contributed by atoms with Crippen LogP contribution >= 0.6 is 34.8 Å². The van der Waals surface area contributed by atoms with Crippen molar-refractivity contribution in [2.45, 2.75) is 149 Å². The van der Waals surface area contributed by atoms with Crippen molar-refractivity contribution in [1.82, 2.24) is 0 Å². The van der Waals surface area contributed by atoms with Gasteiger partial charge in [0.15, 0.2) is 18.4 Å². The number of nitrogens with one attached hydrogen (secondary N) is 1. The van der Waals surface area contributed by atoms with E-state index in [9.17, 15) is 5.53 Å². The van der Waals surface area contributed by atoms with Crippen LogP contribution in [0.3, 0.4) is 0 Å². The topological polar surface area (TPSA) is 193 Å². The third-order valence-corrected chi connectivity index (χ3v) is 13.9. The summed E-state index contributed by atoms with van der Waals surface area (Å²) in [4.78, 5) is 3.21. The number of rotatable bonds is 22. The van der Waals surface area contributed by atoms with Crippen LogP contribution in [0.15, 0.2) is 157 Å². The maximum absolute atomic E-state index is 10.1. The number of hydrogen-bond donors (Lipinski definition) is 1. The lowest BCUT2D eigenvalue weighted by Crippen LogP contribution is -2.65. The lowest BCUT2D eigenvalue weighted by molar-refractivity contribution is -0.363. The van der Waals surface area contributed by atoms with Crippen molar-refractivity contribution in [3.8, 4) is 0 Å². The molecule has 4 aliphatic heterocycles. The second kappa shape index (κ2) is 27.0. The van der Waals surface area contributed by atoms with Gasteiger partial charge in [-0.2, -0.15) is 0 Å². The predicted molar refractivity (Wildman–Crippen MR) is 285 cm³/mol. The van der Waals surface area contributed by atoms with E-state index >= 15 is 0 Å². The minimum Gasteiger partial charge on any atom is -0.445 e. The Morgan fingerprint density at radius 2 is 1.06 bits per heavy atom. The number of azide groups is 1. The van der Waals surface area contributed by atoms with Gasteiger partial charge in [-0.1, -0.05) is 192 Å². The molecule has 17 nitrogen and oxygen atoms in total. The van der Waals surface area contributed by atoms with Gasteiger partial charge in [-0.25, -0.2) is 0 Å². The summed E-state index contributed by atoms with van der Waals surface area (Å²) in [6, 6.07) is 47.4. The third kappa shape index (κ3) is 15.3. The van der Waals surface area contributed by atoms with Gasteiger partial charge in [0.05, 0.1) is 64.5 Å². The SMILES string of the molecule is CC1O[C@@H](OC2C(OCc3ccccc3)C(N=[N+]=[N-])C(COCc3ccccc3)O[C@@H]2OC(=N)C(Cl)(Cl)Cl)C2OC(C)(C)OC2[C@H]1O[C@@H]1OC[C@@H](OCc2ccccc2)C(OCc2ccccc2)C1OCc1ccccc1. The molecule has 0 aromatic heterocycles. The summed E-state index contributed by atoms with van der Waals surface area (Å²) >= 11 is 18.7. The maximum atomic E-state index is 10.1. The number of halogens is 3. The van der Waals surface area contributed by atoms with Crippen molar-refractivity contribution in [3.05, 3.63) is 190 Å². The molecule has 4 heterocycles. The Hall–Kier alpha value is -4.73. The average Bonchev–Trinajstić information content (AvgIpc) is 3.84. The third-order valence-electron chi connectivity index (χ3n) is 13.4. The first-order chi connectivity index (χ1) is 37.3. The van der Waals surface area contributed by atoms with E-state index in [0.717, 1.165) is 27.8 Å². The zero-order valence-electron chi connectivity index (χ0n) is 42.7. The van der Waals surface area contributed by atoms with Crippen LogP contribution in [0, 0.1) is 5.41 Å². The van der Waals surface area contributed by atoms with Gasteiger partial charge in [0, 0.05) is 4.91 Å². The minimum atomic E-state index is -2.31. The van der Waals surface area contributed by atoms with E-state index < -0.39 is 101 Å². The van der Waals surface area contributed by atoms with Gasteiger partial charge in [0.2, 0.25) is 12.2 Å². The molecule has 4 aliphatic rings. The molecule has 4 saturated heterocycles. The molecular weight excluding hydrogens is 1060 g/mol. The zero-order chi connectivity index (χ0) is 53.8. The fraction of sp³-hybridized carbons (Fsp3) is 0.456. The molecule has 0 radical (unpaired) electrons. The van der Waals surface area contributed by atoms with Crippen LogP contribution in [-0.2, 0) is 94.6 Å². The number of alkyl halides is 3. The van der Waals surface area contributed by atoms with Crippen LogP contribution in [0.1, 0.15) is 48.6 Å². The van der Waals surface area contributed by atoms with Crippen LogP contribution in [0.25, 0.3) is 10.4 Å². The quantitative estimate of drug-likeness (QED) is 0.0172. The van der Waals surface area contributed by atoms with E-state index in [2.05, 4.69) is 10.0 Å². The normalized spacial score (nSPS) is 29.9. The summed E-state index contributed by atoms with van der Waals surface area (Å²) in [7, 11) is 0. The highest BCUT2D eigenvalue weighted by molar-refractivity contribution is 6.76. The Morgan fingerprint density at radius 3 is 1.58 bits per heavy atom. The van der Waals surface area contributed by atoms with Gasteiger partial charge in [0.25, 0.3) is 3.79 Å². The first kappa shape index (κ1) is 57.0. The first-order valence-corrected chi connectivity index (χ1v) is 26.6. The Morgan fingerprint density at radius 1 is 0.597 bits per heavy atom. The maximum Gasteiger partial charge on any atom is 0.265 e. The molecule has 77 heavy (non-hydrogen) atoms. The number of benzene rings is 5. The first-order valence-electron chi connectivity index (χ1n) is 25.5. The fourth-order valence-corrected chi connectivity index (χ4v) is 9.82. The summed E-state index contributed by atoms with van der Waals surface area (Å²) in [6.45, 7) is 6.41. The van der Waals surface area contributed by atoms with Crippen LogP contribution in [0.4, 0.5) is 0 Å². The summed E-state index contributed by atoms with van der Waals surface area (Å²) in [5.41, 5.74) is 14.7. The monoisotopic (exact) mass is 1120 g/mol. The molecule has 5 aromatic carbocycles. The molecule has 0 aliphatic carbocycles. The number of hydrogen-bond acceptors (Lipinski definition) is 15. The molecule has 0 bridgehead atoms. The fourth-order valence-electron chi connectivity index (χ4n) is 9.69. The van der Waals surface area contributed by atoms with Gasteiger partial charge in [-0.05, 0) is 54.1 Å². The largest absolute Gasteiger partial charge is 0.445 e. The zero-order valence-corrected chi connectivity index (χ0v) is 45.0.